The number of pyridine rings is 2. The zero-order valence-corrected chi connectivity index (χ0v) is 26.7. The van der Waals surface area contributed by atoms with Crippen molar-refractivity contribution in [2.75, 3.05) is 32.8 Å². The van der Waals surface area contributed by atoms with Crippen molar-refractivity contribution < 1.29 is 23.7 Å². The average Bonchev–Trinajstić information content (AvgIpc) is 3.40. The lowest BCUT2D eigenvalue weighted by Gasteiger charge is -2.21. The normalized spacial score (nSPS) is 11.9. The molecule has 0 aliphatic carbocycles. The summed E-state index contributed by atoms with van der Waals surface area (Å²) in [4.78, 5) is 25.2. The van der Waals surface area contributed by atoms with Crippen LogP contribution >= 0.6 is 0 Å². The highest BCUT2D eigenvalue weighted by molar-refractivity contribution is 7.96. The number of esters is 1. The summed E-state index contributed by atoms with van der Waals surface area (Å²) >= 11 is 0. The first kappa shape index (κ1) is 32.0. The largest absolute Gasteiger partial charge is 0.476 e. The molecular formula is C32H40N5O5S+. The van der Waals surface area contributed by atoms with E-state index in [4.69, 9.17) is 18.9 Å². The first-order valence-corrected chi connectivity index (χ1v) is 16.0. The van der Waals surface area contributed by atoms with Crippen molar-refractivity contribution in [3.8, 4) is 40.3 Å². The van der Waals surface area contributed by atoms with Crippen molar-refractivity contribution >= 4 is 16.9 Å². The molecule has 0 atom stereocenters. The lowest BCUT2D eigenvalue weighted by molar-refractivity contribution is -0.152. The fourth-order valence-corrected chi connectivity index (χ4v) is 4.31. The lowest BCUT2D eigenvalue weighted by Crippen LogP contribution is -2.32. The van der Waals surface area contributed by atoms with E-state index in [1.165, 1.54) is 7.11 Å². The summed E-state index contributed by atoms with van der Waals surface area (Å²) in [6.45, 7) is 9.03. The molecule has 4 aromatic rings. The van der Waals surface area contributed by atoms with Gasteiger partial charge >= 0.3 is 12.0 Å². The second-order valence-corrected chi connectivity index (χ2v) is 14.2. The molecule has 0 fully saturated rings. The topological polar surface area (TPSA) is 110 Å². The van der Waals surface area contributed by atoms with Gasteiger partial charge < -0.3 is 18.9 Å². The van der Waals surface area contributed by atoms with Gasteiger partial charge in [-0.25, -0.2) is 9.97 Å². The molecule has 0 bridgehead atoms. The van der Waals surface area contributed by atoms with Gasteiger partial charge in [0, 0.05) is 42.1 Å². The highest BCUT2D eigenvalue weighted by atomic mass is 32.2. The van der Waals surface area contributed by atoms with Gasteiger partial charge in [-0.2, -0.15) is 9.67 Å². The maximum Gasteiger partial charge on any atom is 0.324 e. The van der Waals surface area contributed by atoms with Crippen LogP contribution in [0, 0.1) is 5.41 Å². The van der Waals surface area contributed by atoms with Gasteiger partial charge in [-0.1, -0.05) is 30.3 Å². The van der Waals surface area contributed by atoms with Crippen molar-refractivity contribution in [1.82, 2.24) is 24.7 Å². The summed E-state index contributed by atoms with van der Waals surface area (Å²) in [5, 5.41) is 4.69. The van der Waals surface area contributed by atoms with E-state index in [-0.39, 0.29) is 34.9 Å². The lowest BCUT2D eigenvalue weighted by atomic mass is 9.95. The Kier molecular flexibility index (Phi) is 10.4. The Balaban J connectivity index is 1.45. The Morgan fingerprint density at radius 1 is 0.907 bits per heavy atom. The number of nitrogens with zero attached hydrogens (tertiary/aromatic N) is 5. The van der Waals surface area contributed by atoms with E-state index in [1.807, 2.05) is 42.5 Å². The standard InChI is InChI=1S/C32H40N5O5S/c1-31(2,29(38)39-5)21-41-26-16-15-25(20-34-26)23-11-13-24(14-12-23)28-35-30(42-27-10-8-9-18-33-27)37(36-28)22-40-19-17-32(3,4)43(6)7/h8-16,18,20H,17,19,21-22H2,1-7H3/q+1. The zero-order valence-electron chi connectivity index (χ0n) is 25.9. The van der Waals surface area contributed by atoms with Gasteiger partial charge in [0.2, 0.25) is 11.8 Å². The van der Waals surface area contributed by atoms with Crippen LogP contribution in [0.25, 0.3) is 22.5 Å². The monoisotopic (exact) mass is 606 g/mol. The van der Waals surface area contributed by atoms with Crippen LogP contribution in [0.1, 0.15) is 34.1 Å². The van der Waals surface area contributed by atoms with E-state index in [2.05, 4.69) is 46.4 Å². The third kappa shape index (κ3) is 8.55. The Hall–Kier alpha value is -3.96. The number of carbonyl (C=O) groups is 1. The van der Waals surface area contributed by atoms with Crippen LogP contribution in [0.5, 0.6) is 17.8 Å². The molecule has 0 saturated heterocycles. The van der Waals surface area contributed by atoms with Crippen molar-refractivity contribution in [3.63, 3.8) is 0 Å². The van der Waals surface area contributed by atoms with Crippen molar-refractivity contribution in [2.24, 2.45) is 5.41 Å². The maximum absolute atomic E-state index is 11.9. The molecule has 3 heterocycles. The number of hydrogen-bond acceptors (Lipinski definition) is 9. The molecule has 0 amide bonds. The van der Waals surface area contributed by atoms with Gasteiger partial charge in [0.1, 0.15) is 18.1 Å². The summed E-state index contributed by atoms with van der Waals surface area (Å²) < 4.78 is 24.3. The second-order valence-electron chi connectivity index (χ2n) is 11.5. The molecule has 0 unspecified atom stereocenters. The van der Waals surface area contributed by atoms with Gasteiger partial charge in [0.25, 0.3) is 0 Å². The first-order chi connectivity index (χ1) is 20.5. The van der Waals surface area contributed by atoms with Crippen LogP contribution in [0.3, 0.4) is 0 Å². The summed E-state index contributed by atoms with van der Waals surface area (Å²) in [5.74, 6) is 1.04. The van der Waals surface area contributed by atoms with Gasteiger partial charge in [0.15, 0.2) is 5.82 Å². The van der Waals surface area contributed by atoms with Crippen molar-refractivity contribution in [3.05, 3.63) is 67.0 Å². The fourth-order valence-electron chi connectivity index (χ4n) is 3.82. The SMILES string of the molecule is COC(=O)C(C)(C)COc1ccc(-c2ccc(-c3nc(Oc4ccccn4)n(COCCC(C)(C)[S+](C)C)n3)cc2)cn1. The molecule has 228 valence electrons. The highest BCUT2D eigenvalue weighted by Gasteiger charge is 2.31. The number of rotatable bonds is 14. The molecule has 0 N–H and O–H groups in total. The van der Waals surface area contributed by atoms with Gasteiger partial charge in [-0.15, -0.1) is 5.10 Å². The van der Waals surface area contributed by atoms with Crippen molar-refractivity contribution in [2.45, 2.75) is 45.6 Å². The smallest absolute Gasteiger partial charge is 0.324 e. The summed E-state index contributed by atoms with van der Waals surface area (Å²) in [5.41, 5.74) is 1.94. The molecule has 0 aliphatic heterocycles. The van der Waals surface area contributed by atoms with Crippen LogP contribution in [0.4, 0.5) is 0 Å². The van der Waals surface area contributed by atoms with Gasteiger partial charge in [-0.3, -0.25) is 4.79 Å². The minimum Gasteiger partial charge on any atom is -0.476 e. The number of benzene rings is 1. The Bertz CT molecular complexity index is 1470. The van der Waals surface area contributed by atoms with E-state index in [0.717, 1.165) is 23.1 Å². The molecule has 0 saturated carbocycles. The molecule has 3 aromatic heterocycles. The number of aromatic nitrogens is 5. The quantitative estimate of drug-likeness (QED) is 0.1000. The van der Waals surface area contributed by atoms with E-state index in [1.54, 1.807) is 43.1 Å². The summed E-state index contributed by atoms with van der Waals surface area (Å²) in [6, 6.07) is 17.3. The molecule has 4 rings (SSSR count). The molecular weight excluding hydrogens is 566 g/mol. The number of hydrogen-bond donors (Lipinski definition) is 0. The Labute approximate surface area is 256 Å². The van der Waals surface area contributed by atoms with Crippen LogP contribution in [0.2, 0.25) is 0 Å². The van der Waals surface area contributed by atoms with E-state index in [9.17, 15) is 4.79 Å². The highest BCUT2D eigenvalue weighted by Crippen LogP contribution is 2.27. The van der Waals surface area contributed by atoms with Crippen molar-refractivity contribution in [1.29, 1.82) is 0 Å². The van der Waals surface area contributed by atoms with Crippen LogP contribution in [-0.4, -0.2) is 68.3 Å². The minimum absolute atomic E-state index is 0.160. The predicted molar refractivity (Wildman–Crippen MR) is 168 cm³/mol. The minimum atomic E-state index is -0.772. The Morgan fingerprint density at radius 2 is 1.63 bits per heavy atom. The molecule has 43 heavy (non-hydrogen) atoms. The first-order valence-electron chi connectivity index (χ1n) is 14.0. The molecule has 0 spiro atoms. The van der Waals surface area contributed by atoms with E-state index in [0.29, 0.717) is 30.2 Å². The third-order valence-electron chi connectivity index (χ3n) is 7.17. The average molecular weight is 607 g/mol. The summed E-state index contributed by atoms with van der Waals surface area (Å²) in [6.07, 6.45) is 8.85. The second kappa shape index (κ2) is 14.0. The van der Waals surface area contributed by atoms with Gasteiger partial charge in [-0.05, 0) is 56.3 Å². The number of methoxy groups -OCH3 is 1. The maximum atomic E-state index is 11.9. The molecule has 0 radical (unpaired) electrons. The van der Waals surface area contributed by atoms with Crippen LogP contribution in [-0.2, 0) is 31.9 Å². The van der Waals surface area contributed by atoms with Crippen LogP contribution in [0.15, 0.2) is 67.0 Å². The molecule has 10 nitrogen and oxygen atoms in total. The number of ether oxygens (including phenoxy) is 4. The fraction of sp³-hybridized carbons (Fsp3) is 0.406. The number of carbonyl (C=O) groups excluding carboxylic acids is 1. The van der Waals surface area contributed by atoms with Crippen LogP contribution < -0.4 is 9.47 Å². The summed E-state index contributed by atoms with van der Waals surface area (Å²) in [7, 11) is 1.64. The zero-order chi connectivity index (χ0) is 31.0. The Morgan fingerprint density at radius 3 is 2.26 bits per heavy atom. The molecule has 1 aromatic carbocycles. The predicted octanol–water partition coefficient (Wildman–Crippen LogP) is 5.79. The van der Waals surface area contributed by atoms with Gasteiger partial charge in [0.05, 0.1) is 31.6 Å². The molecule has 0 aliphatic rings. The third-order valence-corrected chi connectivity index (χ3v) is 9.58. The molecule has 11 heteroatoms. The van der Waals surface area contributed by atoms with E-state index < -0.39 is 5.41 Å². The van der Waals surface area contributed by atoms with E-state index >= 15 is 0 Å².